The zero-order chi connectivity index (χ0) is 33.6. The number of amides is 7. The van der Waals surface area contributed by atoms with E-state index in [0.717, 1.165) is 16.9 Å². The van der Waals surface area contributed by atoms with Gasteiger partial charge < -0.3 is 27.0 Å². The van der Waals surface area contributed by atoms with Crippen molar-refractivity contribution in [1.29, 1.82) is 0 Å². The molecule has 0 aromatic heterocycles. The lowest BCUT2D eigenvalue weighted by atomic mass is 10.0. The van der Waals surface area contributed by atoms with Crippen molar-refractivity contribution in [3.63, 3.8) is 0 Å². The highest BCUT2D eigenvalue weighted by atomic mass is 33.1. The zero-order valence-electron chi connectivity index (χ0n) is 26.4. The second kappa shape index (κ2) is 18.4. The Morgan fingerprint density at radius 3 is 2.16 bits per heavy atom. The second-order valence-corrected chi connectivity index (χ2v) is 13.8. The Morgan fingerprint density at radius 1 is 0.933 bits per heavy atom. The molecule has 1 aromatic carbocycles. The maximum absolute atomic E-state index is 13.3. The van der Waals surface area contributed by atoms with Crippen LogP contribution in [0.1, 0.15) is 71.8 Å². The fraction of sp³-hybridized carbons (Fsp3) is 0.548. The molecular weight excluding hydrogens is 617 g/mol. The van der Waals surface area contributed by atoms with E-state index in [1.165, 1.54) is 22.9 Å². The molecule has 1 aliphatic rings. The van der Waals surface area contributed by atoms with Gasteiger partial charge in [-0.25, -0.2) is 4.79 Å². The van der Waals surface area contributed by atoms with Crippen LogP contribution >= 0.6 is 22.5 Å². The number of carbonyl (C=O) groups excluding carboxylic acids is 6. The number of anilines is 1. The quantitative estimate of drug-likeness (QED) is 0.0570. The number of nitrogens with one attached hydrogen (secondary N) is 4. The van der Waals surface area contributed by atoms with Crippen LogP contribution in [0.3, 0.4) is 0 Å². The molecule has 45 heavy (non-hydrogen) atoms. The van der Waals surface area contributed by atoms with Crippen molar-refractivity contribution >= 4 is 63.7 Å². The number of unbranched alkanes of at least 4 members (excludes halogenated alkanes) is 2. The zero-order valence-corrected chi connectivity index (χ0v) is 28.1. The number of hydrogen-bond donors (Lipinski definition) is 6. The molecule has 7 amide bonds. The normalized spacial score (nSPS) is 14.3. The van der Waals surface area contributed by atoms with E-state index >= 15 is 0 Å². The largest absolute Gasteiger partial charge is 0.352 e. The number of primary amides is 1. The van der Waals surface area contributed by atoms with Crippen LogP contribution < -0.4 is 27.0 Å². The maximum atomic E-state index is 13.3. The number of nitrogens with two attached hydrogens (primary N) is 1. The summed E-state index contributed by atoms with van der Waals surface area (Å²) in [6.45, 7) is 8.29. The molecule has 14 heteroatoms. The first-order valence-electron chi connectivity index (χ1n) is 15.1. The summed E-state index contributed by atoms with van der Waals surface area (Å²) in [4.78, 5) is 74.9. The monoisotopic (exact) mass is 662 g/mol. The Labute approximate surface area is 274 Å². The summed E-state index contributed by atoms with van der Waals surface area (Å²) in [6, 6.07) is 4.96. The molecule has 0 bridgehead atoms. The molecule has 1 heterocycles. The van der Waals surface area contributed by atoms with Crippen molar-refractivity contribution in [3.05, 3.63) is 42.0 Å². The molecule has 2 rings (SSSR count). The van der Waals surface area contributed by atoms with Crippen molar-refractivity contribution in [2.75, 3.05) is 18.4 Å². The minimum Gasteiger partial charge on any atom is -0.352 e. The molecule has 248 valence electrons. The minimum atomic E-state index is -0.935. The Bertz CT molecular complexity index is 1220. The number of rotatable bonds is 19. The van der Waals surface area contributed by atoms with Gasteiger partial charge in [-0.05, 0) is 69.6 Å². The van der Waals surface area contributed by atoms with E-state index in [4.69, 9.17) is 5.73 Å². The average molecular weight is 663 g/mol. The Balaban J connectivity index is 1.96. The van der Waals surface area contributed by atoms with Gasteiger partial charge in [-0.3, -0.25) is 28.9 Å². The van der Waals surface area contributed by atoms with Crippen LogP contribution in [-0.2, 0) is 30.4 Å². The van der Waals surface area contributed by atoms with E-state index in [9.17, 15) is 28.8 Å². The number of hydrogen-bond acceptors (Lipinski definition) is 8. The molecule has 0 spiro atoms. The summed E-state index contributed by atoms with van der Waals surface area (Å²) in [5.41, 5.74) is 6.80. The number of nitrogens with zero attached hydrogens (tertiary/aromatic N) is 1. The van der Waals surface area contributed by atoms with Crippen LogP contribution in [0.5, 0.6) is 0 Å². The van der Waals surface area contributed by atoms with E-state index in [1.807, 2.05) is 12.1 Å². The third-order valence-corrected chi connectivity index (χ3v) is 9.27. The topological polar surface area (TPSA) is 180 Å². The molecule has 0 fully saturated rings. The standard InChI is InChI=1S/C31H46N6O6S2/c1-20(2)27(36-24(38)10-6-5-7-18-37-25(39)15-16-26(37)40)29(42)35-23(9-8-17-33-30(32)43)28(41)34-22-13-11-21(12-14-22)19-31(3,4)45-44/h11-16,20,23,27,44H,5-10,17-19H2,1-4H3,(H,34,41)(H,35,42)(H,36,38)(H3,32,33,43)/t23-,27-/m0/s1. The van der Waals surface area contributed by atoms with E-state index in [-0.39, 0.29) is 47.8 Å². The smallest absolute Gasteiger partial charge is 0.312 e. The highest BCUT2D eigenvalue weighted by Gasteiger charge is 2.29. The Hall–Kier alpha value is -3.52. The third-order valence-electron chi connectivity index (χ3n) is 7.15. The van der Waals surface area contributed by atoms with Gasteiger partial charge in [-0.1, -0.05) is 43.2 Å². The predicted octanol–water partition coefficient (Wildman–Crippen LogP) is 3.08. The Kier molecular flexibility index (Phi) is 15.4. The van der Waals surface area contributed by atoms with Crippen molar-refractivity contribution < 1.29 is 28.8 Å². The molecule has 0 unspecified atom stereocenters. The van der Waals surface area contributed by atoms with Crippen molar-refractivity contribution in [3.8, 4) is 0 Å². The van der Waals surface area contributed by atoms with Crippen molar-refractivity contribution in [1.82, 2.24) is 20.9 Å². The number of urea groups is 1. The van der Waals surface area contributed by atoms with E-state index in [2.05, 4.69) is 46.8 Å². The molecular formula is C31H46N6O6S2. The van der Waals surface area contributed by atoms with Crippen LogP contribution in [0.2, 0.25) is 0 Å². The maximum Gasteiger partial charge on any atom is 0.312 e. The van der Waals surface area contributed by atoms with Gasteiger partial charge in [0.2, 0.25) is 17.7 Å². The molecule has 0 aliphatic carbocycles. The van der Waals surface area contributed by atoms with Gasteiger partial charge in [0.1, 0.15) is 12.1 Å². The first-order chi connectivity index (χ1) is 21.2. The highest BCUT2D eigenvalue weighted by molar-refractivity contribution is 8.69. The lowest BCUT2D eigenvalue weighted by Crippen LogP contribution is -2.54. The second-order valence-electron chi connectivity index (χ2n) is 12.0. The first-order valence-corrected chi connectivity index (χ1v) is 17.0. The summed E-state index contributed by atoms with van der Waals surface area (Å²) in [5, 5.41) is 10.9. The van der Waals surface area contributed by atoms with Gasteiger partial charge in [0.05, 0.1) is 0 Å². The SMILES string of the molecule is CC(C)[C@H](NC(=O)CCCCCN1C(=O)C=CC1=O)C(=O)N[C@@H](CCCNC(N)=O)C(=O)Nc1ccc(CC(C)(C)SS)cc1. The average Bonchev–Trinajstić information content (AvgIpc) is 3.30. The lowest BCUT2D eigenvalue weighted by Gasteiger charge is -2.25. The fourth-order valence-corrected chi connectivity index (χ4v) is 5.10. The van der Waals surface area contributed by atoms with Crippen LogP contribution in [0, 0.1) is 5.92 Å². The first kappa shape index (κ1) is 37.7. The van der Waals surface area contributed by atoms with Gasteiger partial charge in [0.25, 0.3) is 11.8 Å². The van der Waals surface area contributed by atoms with Gasteiger partial charge in [0.15, 0.2) is 0 Å². The van der Waals surface area contributed by atoms with E-state index in [0.29, 0.717) is 37.9 Å². The number of thiol groups is 1. The summed E-state index contributed by atoms with van der Waals surface area (Å²) in [5.74, 6) is -2.17. The van der Waals surface area contributed by atoms with Crippen LogP contribution in [0.4, 0.5) is 10.5 Å². The molecule has 0 saturated heterocycles. The Morgan fingerprint density at radius 2 is 1.58 bits per heavy atom. The summed E-state index contributed by atoms with van der Waals surface area (Å²) in [6.07, 6.45) is 5.74. The van der Waals surface area contributed by atoms with E-state index in [1.54, 1.807) is 26.0 Å². The van der Waals surface area contributed by atoms with Crippen LogP contribution in [0.25, 0.3) is 0 Å². The number of benzene rings is 1. The molecule has 1 aliphatic heterocycles. The van der Waals surface area contributed by atoms with E-state index < -0.39 is 29.9 Å². The lowest BCUT2D eigenvalue weighted by molar-refractivity contribution is -0.137. The molecule has 0 saturated carbocycles. The molecule has 0 radical (unpaired) electrons. The molecule has 2 atom stereocenters. The molecule has 6 N–H and O–H groups in total. The van der Waals surface area contributed by atoms with Gasteiger partial charge in [-0.2, -0.15) is 0 Å². The van der Waals surface area contributed by atoms with Crippen LogP contribution in [-0.4, -0.2) is 70.4 Å². The van der Waals surface area contributed by atoms with Crippen molar-refractivity contribution in [2.45, 2.75) is 89.5 Å². The van der Waals surface area contributed by atoms with Gasteiger partial charge >= 0.3 is 6.03 Å². The number of carbonyl (C=O) groups is 6. The van der Waals surface area contributed by atoms with Gasteiger partial charge in [-0.15, -0.1) is 11.7 Å². The van der Waals surface area contributed by atoms with Crippen molar-refractivity contribution in [2.24, 2.45) is 11.7 Å². The summed E-state index contributed by atoms with van der Waals surface area (Å²) >= 11 is 4.33. The van der Waals surface area contributed by atoms with Crippen LogP contribution in [0.15, 0.2) is 36.4 Å². The molecule has 1 aromatic rings. The summed E-state index contributed by atoms with van der Waals surface area (Å²) < 4.78 is -0.0564. The van der Waals surface area contributed by atoms with Gasteiger partial charge in [0, 0.05) is 42.1 Å². The fourth-order valence-electron chi connectivity index (χ4n) is 4.67. The minimum absolute atomic E-state index is 0.0564. The number of imide groups is 1. The third kappa shape index (κ3) is 13.6. The summed E-state index contributed by atoms with van der Waals surface area (Å²) in [7, 11) is 1.48. The predicted molar refractivity (Wildman–Crippen MR) is 179 cm³/mol. The highest BCUT2D eigenvalue weighted by Crippen LogP contribution is 2.31. The molecule has 12 nitrogen and oxygen atoms in total.